The fraction of sp³-hybridized carbons (Fsp3) is 1.00. The van der Waals surface area contributed by atoms with Crippen molar-refractivity contribution >= 4 is 0 Å². The maximum atomic E-state index is 5.70. The van der Waals surface area contributed by atoms with Gasteiger partial charge in [0.2, 0.25) is 0 Å². The second-order valence-electron chi connectivity index (χ2n) is 5.93. The van der Waals surface area contributed by atoms with Crippen molar-refractivity contribution in [3.63, 3.8) is 0 Å². The highest BCUT2D eigenvalue weighted by atomic mass is 16.5. The molecule has 0 bridgehead atoms. The molecule has 1 N–H and O–H groups in total. The lowest BCUT2D eigenvalue weighted by Crippen LogP contribution is -2.60. The summed E-state index contributed by atoms with van der Waals surface area (Å²) in [5.74, 6) is 0. The van der Waals surface area contributed by atoms with E-state index in [0.717, 1.165) is 6.54 Å². The summed E-state index contributed by atoms with van der Waals surface area (Å²) in [7, 11) is 1.88. The van der Waals surface area contributed by atoms with E-state index in [2.05, 4.69) is 24.1 Å². The number of rotatable bonds is 5. The Morgan fingerprint density at radius 3 is 2.78 bits per heavy atom. The van der Waals surface area contributed by atoms with E-state index in [0.29, 0.717) is 24.2 Å². The highest BCUT2D eigenvalue weighted by molar-refractivity contribution is 4.94. The number of hydrogen-bond donors (Lipinski definition) is 1. The number of methoxy groups -OCH3 is 1. The molecule has 0 radical (unpaired) electrons. The van der Waals surface area contributed by atoms with Gasteiger partial charge in [-0.3, -0.25) is 4.90 Å². The van der Waals surface area contributed by atoms with Gasteiger partial charge in [-0.2, -0.15) is 0 Å². The highest BCUT2D eigenvalue weighted by Crippen LogP contribution is 2.30. The molecule has 4 unspecified atom stereocenters. The van der Waals surface area contributed by atoms with E-state index in [1.807, 2.05) is 7.11 Å². The van der Waals surface area contributed by atoms with Crippen molar-refractivity contribution in [1.29, 1.82) is 0 Å². The third kappa shape index (κ3) is 3.06. The molecule has 2 fully saturated rings. The summed E-state index contributed by atoms with van der Waals surface area (Å²) in [4.78, 5) is 2.76. The molecule has 1 saturated carbocycles. The monoisotopic (exact) mass is 254 g/mol. The Bertz CT molecular complexity index is 247. The van der Waals surface area contributed by atoms with Gasteiger partial charge in [0.15, 0.2) is 0 Å². The molecule has 1 saturated heterocycles. The van der Waals surface area contributed by atoms with Crippen molar-refractivity contribution in [2.24, 2.45) is 0 Å². The molecular formula is C15H30N2O. The minimum absolute atomic E-state index is 0.472. The standard InChI is InChI=1S/C15H30N2O/c1-4-7-12-11-17(13(5-2)10-16-12)14-8-6-9-15(14)18-3/h12-16H,4-11H2,1-3H3. The third-order valence-corrected chi connectivity index (χ3v) is 4.80. The second kappa shape index (κ2) is 6.88. The summed E-state index contributed by atoms with van der Waals surface area (Å²) >= 11 is 0. The van der Waals surface area contributed by atoms with Gasteiger partial charge in [-0.1, -0.05) is 20.3 Å². The zero-order chi connectivity index (χ0) is 13.0. The number of nitrogens with zero attached hydrogens (tertiary/aromatic N) is 1. The van der Waals surface area contributed by atoms with Crippen LogP contribution in [0.5, 0.6) is 0 Å². The van der Waals surface area contributed by atoms with Crippen molar-refractivity contribution in [1.82, 2.24) is 10.2 Å². The Morgan fingerprint density at radius 1 is 1.28 bits per heavy atom. The third-order valence-electron chi connectivity index (χ3n) is 4.80. The lowest BCUT2D eigenvalue weighted by atomic mass is 9.99. The van der Waals surface area contributed by atoms with Crippen LogP contribution >= 0.6 is 0 Å². The van der Waals surface area contributed by atoms with E-state index in [4.69, 9.17) is 4.74 Å². The molecule has 2 rings (SSSR count). The van der Waals surface area contributed by atoms with Crippen molar-refractivity contribution in [2.75, 3.05) is 20.2 Å². The molecule has 3 nitrogen and oxygen atoms in total. The first-order valence-electron chi connectivity index (χ1n) is 7.82. The van der Waals surface area contributed by atoms with Crippen LogP contribution in [0.3, 0.4) is 0 Å². The van der Waals surface area contributed by atoms with Gasteiger partial charge in [0, 0.05) is 38.3 Å². The van der Waals surface area contributed by atoms with Crippen LogP contribution in [0.2, 0.25) is 0 Å². The van der Waals surface area contributed by atoms with E-state index >= 15 is 0 Å². The van der Waals surface area contributed by atoms with Crippen LogP contribution in [0.1, 0.15) is 52.4 Å². The lowest BCUT2D eigenvalue weighted by molar-refractivity contribution is -0.00517. The molecule has 0 spiro atoms. The Balaban J connectivity index is 2.01. The number of nitrogens with one attached hydrogen (secondary N) is 1. The molecule has 0 aromatic rings. The van der Waals surface area contributed by atoms with Gasteiger partial charge in [-0.15, -0.1) is 0 Å². The van der Waals surface area contributed by atoms with Crippen molar-refractivity contribution in [3.05, 3.63) is 0 Å². The minimum Gasteiger partial charge on any atom is -0.380 e. The zero-order valence-corrected chi connectivity index (χ0v) is 12.3. The number of piperazine rings is 1. The van der Waals surface area contributed by atoms with Crippen molar-refractivity contribution in [3.8, 4) is 0 Å². The molecule has 3 heteroatoms. The molecule has 0 aromatic carbocycles. The molecule has 0 amide bonds. The topological polar surface area (TPSA) is 24.5 Å². The van der Waals surface area contributed by atoms with Gasteiger partial charge < -0.3 is 10.1 Å². The number of hydrogen-bond acceptors (Lipinski definition) is 3. The second-order valence-corrected chi connectivity index (χ2v) is 5.93. The van der Waals surface area contributed by atoms with Crippen molar-refractivity contribution in [2.45, 2.75) is 76.6 Å². The normalized spacial score (nSPS) is 38.2. The Morgan fingerprint density at radius 2 is 2.11 bits per heavy atom. The summed E-state index contributed by atoms with van der Waals surface area (Å²) in [5, 5.41) is 3.72. The Kier molecular flexibility index (Phi) is 5.46. The van der Waals surface area contributed by atoms with Gasteiger partial charge in [-0.05, 0) is 32.1 Å². The molecule has 18 heavy (non-hydrogen) atoms. The molecule has 1 heterocycles. The first-order chi connectivity index (χ1) is 8.80. The fourth-order valence-corrected chi connectivity index (χ4v) is 3.78. The summed E-state index contributed by atoms with van der Waals surface area (Å²) in [6.45, 7) is 6.98. The molecule has 1 aliphatic heterocycles. The van der Waals surface area contributed by atoms with Crippen LogP contribution in [-0.2, 0) is 4.74 Å². The molecule has 106 valence electrons. The highest BCUT2D eigenvalue weighted by Gasteiger charge is 2.38. The summed E-state index contributed by atoms with van der Waals surface area (Å²) in [6, 6.07) is 2.07. The molecule has 2 aliphatic rings. The Hall–Kier alpha value is -0.120. The summed E-state index contributed by atoms with van der Waals surface area (Å²) in [6.07, 6.45) is 8.21. The molecule has 4 atom stereocenters. The predicted octanol–water partition coefficient (Wildman–Crippen LogP) is 2.41. The fourth-order valence-electron chi connectivity index (χ4n) is 3.78. The average molecular weight is 254 g/mol. The molecule has 0 aromatic heterocycles. The lowest BCUT2D eigenvalue weighted by Gasteiger charge is -2.45. The van der Waals surface area contributed by atoms with Crippen molar-refractivity contribution < 1.29 is 4.74 Å². The van der Waals surface area contributed by atoms with Crippen LogP contribution in [0.15, 0.2) is 0 Å². The first-order valence-corrected chi connectivity index (χ1v) is 7.82. The van der Waals surface area contributed by atoms with Crippen LogP contribution in [0, 0.1) is 0 Å². The summed E-state index contributed by atoms with van der Waals surface area (Å²) < 4.78 is 5.70. The first kappa shape index (κ1) is 14.3. The number of ether oxygens (including phenoxy) is 1. The van der Waals surface area contributed by atoms with Gasteiger partial charge >= 0.3 is 0 Å². The van der Waals surface area contributed by atoms with E-state index in [1.165, 1.54) is 45.1 Å². The quantitative estimate of drug-likeness (QED) is 0.815. The van der Waals surface area contributed by atoms with Gasteiger partial charge in [0.05, 0.1) is 6.10 Å². The summed E-state index contributed by atoms with van der Waals surface area (Å²) in [5.41, 5.74) is 0. The van der Waals surface area contributed by atoms with Crippen LogP contribution in [0.4, 0.5) is 0 Å². The predicted molar refractivity (Wildman–Crippen MR) is 75.9 cm³/mol. The maximum Gasteiger partial charge on any atom is 0.0726 e. The largest absolute Gasteiger partial charge is 0.380 e. The van der Waals surface area contributed by atoms with E-state index < -0.39 is 0 Å². The van der Waals surface area contributed by atoms with Crippen LogP contribution in [-0.4, -0.2) is 49.3 Å². The van der Waals surface area contributed by atoms with Gasteiger partial charge in [-0.25, -0.2) is 0 Å². The zero-order valence-electron chi connectivity index (χ0n) is 12.3. The van der Waals surface area contributed by atoms with E-state index in [-0.39, 0.29) is 0 Å². The van der Waals surface area contributed by atoms with Gasteiger partial charge in [0.25, 0.3) is 0 Å². The van der Waals surface area contributed by atoms with Gasteiger partial charge in [0.1, 0.15) is 0 Å². The van der Waals surface area contributed by atoms with Crippen LogP contribution in [0.25, 0.3) is 0 Å². The molecular weight excluding hydrogens is 224 g/mol. The van der Waals surface area contributed by atoms with E-state index in [9.17, 15) is 0 Å². The minimum atomic E-state index is 0.472. The molecule has 1 aliphatic carbocycles. The van der Waals surface area contributed by atoms with Crippen LogP contribution < -0.4 is 5.32 Å². The smallest absolute Gasteiger partial charge is 0.0726 e. The average Bonchev–Trinajstić information content (AvgIpc) is 2.87. The maximum absolute atomic E-state index is 5.70. The Labute approximate surface area is 112 Å². The van der Waals surface area contributed by atoms with E-state index in [1.54, 1.807) is 0 Å². The SMILES string of the molecule is CCCC1CN(C2CCCC2OC)C(CC)CN1.